The Morgan fingerprint density at radius 1 is 1.28 bits per heavy atom. The van der Waals surface area contributed by atoms with Crippen LogP contribution in [0, 0.1) is 0 Å². The van der Waals surface area contributed by atoms with E-state index in [0.29, 0.717) is 23.7 Å². The zero-order chi connectivity index (χ0) is 18.4. The number of esters is 1. The van der Waals surface area contributed by atoms with Crippen LogP contribution in [0.25, 0.3) is 6.08 Å². The molecule has 0 aliphatic carbocycles. The maximum atomic E-state index is 12.3. The highest BCUT2D eigenvalue weighted by molar-refractivity contribution is 8.18. The Morgan fingerprint density at radius 2 is 2.04 bits per heavy atom. The molecule has 1 saturated heterocycles. The maximum absolute atomic E-state index is 12.3. The molecule has 1 aliphatic heterocycles. The van der Waals surface area contributed by atoms with Crippen molar-refractivity contribution >= 4 is 35.0 Å². The van der Waals surface area contributed by atoms with Crippen molar-refractivity contribution in [3.8, 4) is 11.5 Å². The lowest BCUT2D eigenvalue weighted by atomic mass is 10.2. The van der Waals surface area contributed by atoms with Gasteiger partial charge in [-0.2, -0.15) is 0 Å². The van der Waals surface area contributed by atoms with Crippen LogP contribution >= 0.6 is 11.8 Å². The molecule has 132 valence electrons. The zero-order valence-electron chi connectivity index (χ0n) is 13.8. The quantitative estimate of drug-likeness (QED) is 0.418. The SMILES string of the molecule is C=CCOc1ccc(/C=C2\SC(=O)N(CC(=O)OC)C2=O)cc1OC. The predicted molar refractivity (Wildman–Crippen MR) is 93.4 cm³/mol. The van der Waals surface area contributed by atoms with Crippen LogP contribution < -0.4 is 9.47 Å². The molecule has 0 atom stereocenters. The number of carbonyl (C=O) groups excluding carboxylic acids is 3. The molecule has 25 heavy (non-hydrogen) atoms. The van der Waals surface area contributed by atoms with Crippen LogP contribution in [0.2, 0.25) is 0 Å². The Bertz CT molecular complexity index is 743. The summed E-state index contributed by atoms with van der Waals surface area (Å²) < 4.78 is 15.2. The van der Waals surface area contributed by atoms with E-state index < -0.39 is 23.7 Å². The average molecular weight is 363 g/mol. The lowest BCUT2D eigenvalue weighted by molar-refractivity contribution is -0.143. The molecule has 1 heterocycles. The van der Waals surface area contributed by atoms with Crippen molar-refractivity contribution in [1.29, 1.82) is 0 Å². The number of benzene rings is 1. The summed E-state index contributed by atoms with van der Waals surface area (Å²) in [6.45, 7) is 3.51. The number of thioether (sulfide) groups is 1. The maximum Gasteiger partial charge on any atom is 0.325 e. The van der Waals surface area contributed by atoms with E-state index >= 15 is 0 Å². The van der Waals surface area contributed by atoms with Crippen LogP contribution in [0.4, 0.5) is 4.79 Å². The highest BCUT2D eigenvalue weighted by atomic mass is 32.2. The second-order valence-corrected chi connectivity index (χ2v) is 5.85. The first-order valence-corrected chi connectivity index (χ1v) is 8.05. The summed E-state index contributed by atoms with van der Waals surface area (Å²) in [6.07, 6.45) is 3.17. The van der Waals surface area contributed by atoms with E-state index in [0.717, 1.165) is 16.7 Å². The van der Waals surface area contributed by atoms with E-state index in [4.69, 9.17) is 9.47 Å². The molecule has 0 bridgehead atoms. The van der Waals surface area contributed by atoms with Crippen molar-refractivity contribution in [3.63, 3.8) is 0 Å². The van der Waals surface area contributed by atoms with Gasteiger partial charge in [-0.3, -0.25) is 19.3 Å². The predicted octanol–water partition coefficient (Wildman–Crippen LogP) is 2.47. The minimum absolute atomic E-state index is 0.218. The first-order valence-electron chi connectivity index (χ1n) is 7.24. The van der Waals surface area contributed by atoms with Gasteiger partial charge in [0, 0.05) is 0 Å². The second-order valence-electron chi connectivity index (χ2n) is 4.85. The highest BCUT2D eigenvalue weighted by Gasteiger charge is 2.36. The average Bonchev–Trinajstić information content (AvgIpc) is 2.87. The number of amides is 2. The standard InChI is InChI=1S/C17H17NO6S/c1-4-7-24-12-6-5-11(8-13(12)22-2)9-14-16(20)18(17(21)25-14)10-15(19)23-3/h4-6,8-9H,1,7,10H2,2-3H3/b14-9-. The summed E-state index contributed by atoms with van der Waals surface area (Å²) in [5, 5.41) is -0.514. The largest absolute Gasteiger partial charge is 0.493 e. The van der Waals surface area contributed by atoms with Gasteiger partial charge in [0.1, 0.15) is 13.2 Å². The zero-order valence-corrected chi connectivity index (χ0v) is 14.6. The fourth-order valence-corrected chi connectivity index (χ4v) is 2.86. The molecule has 7 nitrogen and oxygen atoms in total. The van der Waals surface area contributed by atoms with Crippen LogP contribution in [-0.4, -0.2) is 49.4 Å². The minimum atomic E-state index is -0.658. The van der Waals surface area contributed by atoms with Gasteiger partial charge in [0.25, 0.3) is 11.1 Å². The van der Waals surface area contributed by atoms with Crippen molar-refractivity contribution < 1.29 is 28.6 Å². The number of imide groups is 1. The number of hydrogen-bond donors (Lipinski definition) is 0. The molecule has 0 saturated carbocycles. The summed E-state index contributed by atoms with van der Waals surface area (Å²) in [7, 11) is 2.70. The Labute approximate surface area is 149 Å². The van der Waals surface area contributed by atoms with Crippen molar-refractivity contribution in [2.75, 3.05) is 27.4 Å². The van der Waals surface area contributed by atoms with E-state index in [-0.39, 0.29) is 4.91 Å². The molecular weight excluding hydrogens is 346 g/mol. The van der Waals surface area contributed by atoms with Crippen LogP contribution in [0.5, 0.6) is 11.5 Å². The fraction of sp³-hybridized carbons (Fsp3) is 0.235. The van der Waals surface area contributed by atoms with Gasteiger partial charge >= 0.3 is 5.97 Å². The van der Waals surface area contributed by atoms with Crippen LogP contribution in [0.1, 0.15) is 5.56 Å². The molecule has 1 aliphatic rings. The lowest BCUT2D eigenvalue weighted by Crippen LogP contribution is -2.34. The molecular formula is C17H17NO6S. The van der Waals surface area contributed by atoms with E-state index in [1.165, 1.54) is 14.2 Å². The van der Waals surface area contributed by atoms with Gasteiger partial charge in [-0.25, -0.2) is 0 Å². The van der Waals surface area contributed by atoms with Gasteiger partial charge in [0.05, 0.1) is 19.1 Å². The lowest BCUT2D eigenvalue weighted by Gasteiger charge is -2.10. The molecule has 0 unspecified atom stereocenters. The summed E-state index contributed by atoms with van der Waals surface area (Å²) in [5.74, 6) is -0.164. The number of carbonyl (C=O) groups is 3. The van der Waals surface area contributed by atoms with Crippen molar-refractivity contribution in [2.45, 2.75) is 0 Å². The van der Waals surface area contributed by atoms with Crippen LogP contribution in [-0.2, 0) is 14.3 Å². The molecule has 2 rings (SSSR count). The topological polar surface area (TPSA) is 82.1 Å². The molecule has 1 fully saturated rings. The summed E-state index contributed by atoms with van der Waals surface area (Å²) in [6, 6.07) is 5.12. The smallest absolute Gasteiger partial charge is 0.325 e. The molecule has 2 amide bonds. The Morgan fingerprint density at radius 3 is 2.68 bits per heavy atom. The molecule has 8 heteroatoms. The summed E-state index contributed by atoms with van der Waals surface area (Å²) in [5.41, 5.74) is 0.659. The molecule has 0 N–H and O–H groups in total. The molecule has 0 spiro atoms. The molecule has 0 aromatic heterocycles. The normalized spacial score (nSPS) is 15.4. The van der Waals surface area contributed by atoms with Gasteiger partial charge < -0.3 is 14.2 Å². The van der Waals surface area contributed by atoms with Gasteiger partial charge in [-0.1, -0.05) is 18.7 Å². The third-order valence-corrected chi connectivity index (χ3v) is 4.14. The highest BCUT2D eigenvalue weighted by Crippen LogP contribution is 2.34. The Hall–Kier alpha value is -2.74. The van der Waals surface area contributed by atoms with E-state index in [2.05, 4.69) is 11.3 Å². The summed E-state index contributed by atoms with van der Waals surface area (Å²) in [4.78, 5) is 36.5. The minimum Gasteiger partial charge on any atom is -0.493 e. The van der Waals surface area contributed by atoms with Gasteiger partial charge in [0.15, 0.2) is 11.5 Å². The van der Waals surface area contributed by atoms with E-state index in [1.807, 2.05) is 0 Å². The van der Waals surface area contributed by atoms with E-state index in [9.17, 15) is 14.4 Å². The number of rotatable bonds is 7. The van der Waals surface area contributed by atoms with Gasteiger partial charge in [-0.05, 0) is 35.5 Å². The number of ether oxygens (including phenoxy) is 3. The number of nitrogens with zero attached hydrogens (tertiary/aromatic N) is 1. The second kappa shape index (κ2) is 8.39. The van der Waals surface area contributed by atoms with Crippen molar-refractivity contribution in [2.24, 2.45) is 0 Å². The number of methoxy groups -OCH3 is 2. The van der Waals surface area contributed by atoms with Crippen molar-refractivity contribution in [1.82, 2.24) is 4.90 Å². The fourth-order valence-electron chi connectivity index (χ4n) is 2.02. The third-order valence-electron chi connectivity index (χ3n) is 3.23. The Balaban J connectivity index is 2.22. The summed E-state index contributed by atoms with van der Waals surface area (Å²) >= 11 is 0.766. The first kappa shape index (κ1) is 18.6. The van der Waals surface area contributed by atoms with Crippen molar-refractivity contribution in [3.05, 3.63) is 41.3 Å². The third kappa shape index (κ3) is 4.42. The molecule has 1 aromatic rings. The van der Waals surface area contributed by atoms with Crippen LogP contribution in [0.3, 0.4) is 0 Å². The Kier molecular flexibility index (Phi) is 6.24. The first-order chi connectivity index (χ1) is 12.0. The number of hydrogen-bond acceptors (Lipinski definition) is 7. The molecule has 1 aromatic carbocycles. The van der Waals surface area contributed by atoms with Gasteiger partial charge in [0.2, 0.25) is 0 Å². The van der Waals surface area contributed by atoms with Crippen LogP contribution in [0.15, 0.2) is 35.8 Å². The monoisotopic (exact) mass is 363 g/mol. The van der Waals surface area contributed by atoms with E-state index in [1.54, 1.807) is 30.4 Å². The van der Waals surface area contributed by atoms with Gasteiger partial charge in [-0.15, -0.1) is 0 Å². The molecule has 0 radical (unpaired) electrons.